The Morgan fingerprint density at radius 3 is 2.94 bits per heavy atom. The predicted octanol–water partition coefficient (Wildman–Crippen LogP) is 3.68. The van der Waals surface area contributed by atoms with Crippen molar-refractivity contribution < 1.29 is 0 Å². The lowest BCUT2D eigenvalue weighted by Gasteiger charge is -1.98. The van der Waals surface area contributed by atoms with Gasteiger partial charge in [0.15, 0.2) is 0 Å². The molecule has 0 aliphatic heterocycles. The molecule has 16 heavy (non-hydrogen) atoms. The van der Waals surface area contributed by atoms with Crippen LogP contribution >= 0.6 is 22.7 Å². The largest absolute Gasteiger partial charge is 0.310 e. The molecule has 0 atom stereocenters. The number of nitrogens with one attached hydrogen (secondary N) is 1. The van der Waals surface area contributed by atoms with Crippen LogP contribution in [0, 0.1) is 6.92 Å². The van der Waals surface area contributed by atoms with Crippen LogP contribution in [-0.2, 0) is 6.54 Å². The maximum Gasteiger partial charge on any atom is 0.107 e. The molecular weight excluding hydrogens is 236 g/mol. The SMILES string of the molecule is CCCNCc1nc(-c2sccc2C)cs1. The molecule has 0 bridgehead atoms. The molecule has 0 saturated carbocycles. The normalized spacial score (nSPS) is 10.9. The molecule has 0 fully saturated rings. The third-order valence-corrected chi connectivity index (χ3v) is 4.24. The maximum absolute atomic E-state index is 4.65. The fourth-order valence-corrected chi connectivity index (χ4v) is 3.22. The van der Waals surface area contributed by atoms with Crippen molar-refractivity contribution in [3.63, 3.8) is 0 Å². The lowest BCUT2D eigenvalue weighted by Crippen LogP contribution is -2.13. The summed E-state index contributed by atoms with van der Waals surface area (Å²) in [6, 6.07) is 2.15. The predicted molar refractivity (Wildman–Crippen MR) is 72.2 cm³/mol. The Labute approximate surface area is 104 Å². The Morgan fingerprint density at radius 1 is 1.38 bits per heavy atom. The summed E-state index contributed by atoms with van der Waals surface area (Å²) in [6.45, 7) is 6.27. The average Bonchev–Trinajstić information content (AvgIpc) is 2.87. The molecule has 0 unspecified atom stereocenters. The van der Waals surface area contributed by atoms with Gasteiger partial charge < -0.3 is 5.32 Å². The number of thiophene rings is 1. The highest BCUT2D eigenvalue weighted by molar-refractivity contribution is 7.14. The average molecular weight is 252 g/mol. The van der Waals surface area contributed by atoms with Gasteiger partial charge in [-0.25, -0.2) is 4.98 Å². The van der Waals surface area contributed by atoms with E-state index in [1.807, 2.05) is 0 Å². The Bertz CT molecular complexity index is 445. The second-order valence-corrected chi connectivity index (χ2v) is 5.59. The molecule has 0 aromatic carbocycles. The van der Waals surface area contributed by atoms with Crippen molar-refractivity contribution in [1.82, 2.24) is 10.3 Å². The first kappa shape index (κ1) is 11.8. The highest BCUT2D eigenvalue weighted by atomic mass is 32.1. The van der Waals surface area contributed by atoms with E-state index in [9.17, 15) is 0 Å². The molecule has 2 heterocycles. The van der Waals surface area contributed by atoms with Crippen molar-refractivity contribution in [3.05, 3.63) is 27.4 Å². The van der Waals surface area contributed by atoms with E-state index in [1.165, 1.54) is 21.9 Å². The molecule has 0 saturated heterocycles. The molecule has 1 N–H and O–H groups in total. The van der Waals surface area contributed by atoms with Crippen LogP contribution in [0.25, 0.3) is 10.6 Å². The van der Waals surface area contributed by atoms with Gasteiger partial charge in [-0.2, -0.15) is 0 Å². The van der Waals surface area contributed by atoms with Crippen LogP contribution in [0.2, 0.25) is 0 Å². The van der Waals surface area contributed by atoms with E-state index < -0.39 is 0 Å². The number of aromatic nitrogens is 1. The van der Waals surface area contributed by atoms with Crippen molar-refractivity contribution in [2.75, 3.05) is 6.54 Å². The van der Waals surface area contributed by atoms with E-state index in [-0.39, 0.29) is 0 Å². The molecule has 4 heteroatoms. The third kappa shape index (κ3) is 2.70. The molecule has 2 aromatic heterocycles. The molecule has 2 nitrogen and oxygen atoms in total. The highest BCUT2D eigenvalue weighted by Crippen LogP contribution is 2.29. The Kier molecular flexibility index (Phi) is 4.09. The second kappa shape index (κ2) is 5.57. The molecule has 0 aliphatic rings. The summed E-state index contributed by atoms with van der Waals surface area (Å²) in [4.78, 5) is 5.96. The summed E-state index contributed by atoms with van der Waals surface area (Å²) in [7, 11) is 0. The van der Waals surface area contributed by atoms with Gasteiger partial charge in [0.25, 0.3) is 0 Å². The quantitative estimate of drug-likeness (QED) is 0.821. The van der Waals surface area contributed by atoms with Gasteiger partial charge in [0.2, 0.25) is 0 Å². The fourth-order valence-electron chi connectivity index (χ4n) is 1.50. The fraction of sp³-hybridized carbons (Fsp3) is 0.417. The maximum atomic E-state index is 4.65. The Hall–Kier alpha value is -0.710. The van der Waals surface area contributed by atoms with E-state index in [0.717, 1.165) is 18.8 Å². The van der Waals surface area contributed by atoms with Crippen LogP contribution < -0.4 is 5.32 Å². The van der Waals surface area contributed by atoms with Crippen molar-refractivity contribution >= 4 is 22.7 Å². The number of nitrogens with zero attached hydrogens (tertiary/aromatic N) is 1. The van der Waals surface area contributed by atoms with Crippen LogP contribution in [0.15, 0.2) is 16.8 Å². The first-order chi connectivity index (χ1) is 7.81. The number of aryl methyl sites for hydroxylation is 1. The summed E-state index contributed by atoms with van der Waals surface area (Å²) < 4.78 is 0. The number of rotatable bonds is 5. The van der Waals surface area contributed by atoms with Gasteiger partial charge in [-0.3, -0.25) is 0 Å². The van der Waals surface area contributed by atoms with E-state index in [0.29, 0.717) is 0 Å². The molecule has 0 aliphatic carbocycles. The van der Waals surface area contributed by atoms with Gasteiger partial charge in [-0.15, -0.1) is 22.7 Å². The topological polar surface area (TPSA) is 24.9 Å². The van der Waals surface area contributed by atoms with Gasteiger partial charge in [0.1, 0.15) is 5.01 Å². The zero-order chi connectivity index (χ0) is 11.4. The van der Waals surface area contributed by atoms with Gasteiger partial charge in [0.05, 0.1) is 10.6 Å². The first-order valence-corrected chi connectivity index (χ1v) is 7.26. The van der Waals surface area contributed by atoms with Crippen LogP contribution in [0.5, 0.6) is 0 Å². The molecule has 0 spiro atoms. The van der Waals surface area contributed by atoms with Crippen molar-refractivity contribution in [3.8, 4) is 10.6 Å². The van der Waals surface area contributed by atoms with E-state index in [2.05, 4.69) is 41.0 Å². The standard InChI is InChI=1S/C12H16N2S2/c1-3-5-13-7-11-14-10(8-16-11)12-9(2)4-6-15-12/h4,6,8,13H,3,5,7H2,1-2H3. The Balaban J connectivity index is 2.05. The van der Waals surface area contributed by atoms with Crippen LogP contribution in [0.4, 0.5) is 0 Å². The zero-order valence-corrected chi connectivity index (χ0v) is 11.3. The molecule has 86 valence electrons. The van der Waals surface area contributed by atoms with Crippen LogP contribution in [0.1, 0.15) is 23.9 Å². The molecule has 0 radical (unpaired) electrons. The molecular formula is C12H16N2S2. The highest BCUT2D eigenvalue weighted by Gasteiger charge is 2.07. The molecule has 2 rings (SSSR count). The second-order valence-electron chi connectivity index (χ2n) is 3.74. The van der Waals surface area contributed by atoms with Crippen LogP contribution in [-0.4, -0.2) is 11.5 Å². The number of thiazole rings is 1. The summed E-state index contributed by atoms with van der Waals surface area (Å²) in [5.74, 6) is 0. The van der Waals surface area contributed by atoms with Gasteiger partial charge in [-0.1, -0.05) is 6.92 Å². The minimum Gasteiger partial charge on any atom is -0.310 e. The van der Waals surface area contributed by atoms with E-state index in [1.54, 1.807) is 22.7 Å². The molecule has 2 aromatic rings. The number of hydrogen-bond donors (Lipinski definition) is 1. The number of hydrogen-bond acceptors (Lipinski definition) is 4. The van der Waals surface area contributed by atoms with Gasteiger partial charge in [0, 0.05) is 11.9 Å². The minimum atomic E-state index is 0.892. The Morgan fingerprint density at radius 2 is 2.25 bits per heavy atom. The first-order valence-electron chi connectivity index (χ1n) is 5.51. The molecule has 0 amide bonds. The monoisotopic (exact) mass is 252 g/mol. The van der Waals surface area contributed by atoms with Crippen molar-refractivity contribution in [2.45, 2.75) is 26.8 Å². The lowest BCUT2D eigenvalue weighted by atomic mass is 10.2. The lowest BCUT2D eigenvalue weighted by molar-refractivity contribution is 0.673. The van der Waals surface area contributed by atoms with E-state index >= 15 is 0 Å². The van der Waals surface area contributed by atoms with Crippen molar-refractivity contribution in [2.24, 2.45) is 0 Å². The van der Waals surface area contributed by atoms with Crippen molar-refractivity contribution in [1.29, 1.82) is 0 Å². The van der Waals surface area contributed by atoms with E-state index in [4.69, 9.17) is 0 Å². The summed E-state index contributed by atoms with van der Waals surface area (Å²) in [5, 5.41) is 8.83. The minimum absolute atomic E-state index is 0.892. The summed E-state index contributed by atoms with van der Waals surface area (Å²) >= 11 is 3.51. The van der Waals surface area contributed by atoms with Crippen LogP contribution in [0.3, 0.4) is 0 Å². The summed E-state index contributed by atoms with van der Waals surface area (Å²) in [5.41, 5.74) is 2.45. The summed E-state index contributed by atoms with van der Waals surface area (Å²) in [6.07, 6.45) is 1.17. The van der Waals surface area contributed by atoms with Gasteiger partial charge >= 0.3 is 0 Å². The third-order valence-electron chi connectivity index (χ3n) is 2.35. The smallest absolute Gasteiger partial charge is 0.107 e. The van der Waals surface area contributed by atoms with Gasteiger partial charge in [-0.05, 0) is 36.9 Å². The zero-order valence-electron chi connectivity index (χ0n) is 9.62.